The van der Waals surface area contributed by atoms with Gasteiger partial charge in [-0.15, -0.1) is 0 Å². The number of esters is 1. The molecule has 0 N–H and O–H groups in total. The Labute approximate surface area is 223 Å². The van der Waals surface area contributed by atoms with Crippen molar-refractivity contribution in [2.75, 3.05) is 10.9 Å². The number of ketones is 1. The quantitative estimate of drug-likeness (QED) is 0.185. The number of benzene rings is 3. The van der Waals surface area contributed by atoms with Crippen molar-refractivity contribution in [3.63, 3.8) is 0 Å². The highest BCUT2D eigenvalue weighted by Crippen LogP contribution is 2.47. The van der Waals surface area contributed by atoms with Gasteiger partial charge in [0, 0.05) is 28.5 Å². The molecule has 0 bridgehead atoms. The van der Waals surface area contributed by atoms with E-state index in [1.54, 1.807) is 43.3 Å². The molecule has 0 fully saturated rings. The van der Waals surface area contributed by atoms with Crippen molar-refractivity contribution < 1.29 is 27.1 Å². The molecule has 9 heteroatoms. The Morgan fingerprint density at radius 1 is 1.05 bits per heavy atom. The number of sulfonamides is 1. The molecule has 0 saturated carbocycles. The number of halogens is 2. The van der Waals surface area contributed by atoms with E-state index in [9.17, 15) is 22.4 Å². The fraction of sp³-hybridized carbons (Fsp3) is 0.214. The Balaban J connectivity index is 1.83. The number of carbonyl (C=O) groups excluding carboxylic acids is 2. The minimum atomic E-state index is -4.14. The van der Waals surface area contributed by atoms with Crippen molar-refractivity contribution in [2.24, 2.45) is 0 Å². The molecule has 0 unspecified atom stereocenters. The van der Waals surface area contributed by atoms with Gasteiger partial charge in [0.2, 0.25) is 0 Å². The highest BCUT2D eigenvalue weighted by Gasteiger charge is 2.44. The van der Waals surface area contributed by atoms with E-state index in [0.29, 0.717) is 11.1 Å². The van der Waals surface area contributed by atoms with Crippen molar-refractivity contribution in [1.29, 1.82) is 0 Å². The summed E-state index contributed by atoms with van der Waals surface area (Å²) in [5, 5.41) is 0. The predicted molar refractivity (Wildman–Crippen MR) is 143 cm³/mol. The second-order valence-corrected chi connectivity index (χ2v) is 11.4. The average molecular weight is 586 g/mol. The molecule has 1 aliphatic rings. The fourth-order valence-corrected chi connectivity index (χ4v) is 6.34. The van der Waals surface area contributed by atoms with Crippen molar-refractivity contribution >= 4 is 43.4 Å². The van der Waals surface area contributed by atoms with Crippen LogP contribution in [0.2, 0.25) is 0 Å². The lowest BCUT2D eigenvalue weighted by Crippen LogP contribution is -2.38. The summed E-state index contributed by atoms with van der Waals surface area (Å²) in [6.07, 6.45) is 2.47. The van der Waals surface area contributed by atoms with Crippen LogP contribution in [0.4, 0.5) is 10.1 Å². The van der Waals surface area contributed by atoms with Crippen molar-refractivity contribution in [3.8, 4) is 0 Å². The van der Waals surface area contributed by atoms with Gasteiger partial charge < -0.3 is 4.74 Å². The molecule has 6 nitrogen and oxygen atoms in total. The molecule has 0 radical (unpaired) electrons. The van der Waals surface area contributed by atoms with E-state index >= 15 is 0 Å². The second kappa shape index (κ2) is 11.0. The first-order valence-electron chi connectivity index (χ1n) is 11.7. The molecule has 0 amide bonds. The van der Waals surface area contributed by atoms with Crippen LogP contribution in [0.3, 0.4) is 0 Å². The average Bonchev–Trinajstić information content (AvgIpc) is 3.16. The number of nitrogens with zero attached hydrogens (tertiary/aromatic N) is 1. The molecule has 3 aromatic rings. The number of fused-ring (bicyclic) bond motifs is 1. The van der Waals surface area contributed by atoms with Gasteiger partial charge >= 0.3 is 5.97 Å². The first-order valence-corrected chi connectivity index (χ1v) is 13.9. The summed E-state index contributed by atoms with van der Waals surface area (Å²) in [6.45, 7) is 3.66. The third-order valence-corrected chi connectivity index (χ3v) is 8.53. The maximum absolute atomic E-state index is 14.4. The number of rotatable bonds is 8. The van der Waals surface area contributed by atoms with Crippen LogP contribution in [0.1, 0.15) is 40.7 Å². The zero-order chi connectivity index (χ0) is 26.7. The third-order valence-electron chi connectivity index (χ3n) is 6.17. The second-order valence-electron chi connectivity index (χ2n) is 8.66. The van der Waals surface area contributed by atoms with Gasteiger partial charge in [0.1, 0.15) is 5.82 Å². The Bertz CT molecular complexity index is 1450. The van der Waals surface area contributed by atoms with Gasteiger partial charge in [-0.05, 0) is 61.9 Å². The first-order chi connectivity index (χ1) is 17.6. The van der Waals surface area contributed by atoms with E-state index in [-0.39, 0.29) is 29.4 Å². The minimum Gasteiger partial charge on any atom is -0.463 e. The van der Waals surface area contributed by atoms with Gasteiger partial charge in [-0.3, -0.25) is 9.10 Å². The van der Waals surface area contributed by atoms with Gasteiger partial charge in [-0.1, -0.05) is 51.8 Å². The molecular formula is C28H25BrFNO5S. The number of anilines is 1. The largest absolute Gasteiger partial charge is 0.463 e. The van der Waals surface area contributed by atoms with Crippen LogP contribution in [0.25, 0.3) is 0 Å². The Morgan fingerprint density at radius 2 is 1.73 bits per heavy atom. The SMILES string of the molecule is CCOC(=O)/C=C/[C@H]1[C@H](CC(=O)c2ccc(Br)cc2)c2cc(F)ccc2N1S(=O)(=O)c1ccc(C)cc1. The topological polar surface area (TPSA) is 80.8 Å². The molecule has 0 aromatic heterocycles. The number of carbonyl (C=O) groups is 2. The molecule has 37 heavy (non-hydrogen) atoms. The minimum absolute atomic E-state index is 0.0443. The lowest BCUT2D eigenvalue weighted by atomic mass is 9.88. The number of hydrogen-bond donors (Lipinski definition) is 0. The molecular weight excluding hydrogens is 561 g/mol. The number of Topliss-reactive ketones (excluding diaryl/α,β-unsaturated/α-hetero) is 1. The van der Waals surface area contributed by atoms with Crippen molar-refractivity contribution in [3.05, 3.63) is 106 Å². The molecule has 1 heterocycles. The highest BCUT2D eigenvalue weighted by molar-refractivity contribution is 9.10. The number of ether oxygens (including phenoxy) is 1. The van der Waals surface area contributed by atoms with E-state index in [4.69, 9.17) is 4.74 Å². The molecule has 0 spiro atoms. The van der Waals surface area contributed by atoms with Crippen LogP contribution in [0.15, 0.2) is 88.3 Å². The molecule has 0 saturated heterocycles. The monoisotopic (exact) mass is 585 g/mol. The molecule has 4 rings (SSSR count). The van der Waals surface area contributed by atoms with Gasteiger partial charge in [0.05, 0.1) is 23.2 Å². The highest BCUT2D eigenvalue weighted by atomic mass is 79.9. The zero-order valence-electron chi connectivity index (χ0n) is 20.2. The standard InChI is InChI=1S/C28H25BrFNO5S/c1-3-36-28(33)15-14-26-24(17-27(32)19-6-8-20(29)9-7-19)23-16-21(30)10-13-25(23)31(26)37(34,35)22-11-4-18(2)5-12-22/h4-16,24,26H,3,17H2,1-2H3/b15-14+/t24-,26+/m1/s1. The lowest BCUT2D eigenvalue weighted by molar-refractivity contribution is -0.137. The summed E-state index contributed by atoms with van der Waals surface area (Å²) in [6, 6.07) is 16.0. The number of hydrogen-bond acceptors (Lipinski definition) is 5. The van der Waals surface area contributed by atoms with Crippen molar-refractivity contribution in [2.45, 2.75) is 37.1 Å². The summed E-state index contributed by atoms with van der Waals surface area (Å²) in [4.78, 5) is 25.5. The first kappa shape index (κ1) is 26.8. The Morgan fingerprint density at radius 3 is 2.38 bits per heavy atom. The Hall–Kier alpha value is -3.30. The maximum Gasteiger partial charge on any atom is 0.330 e. The summed E-state index contributed by atoms with van der Waals surface area (Å²) < 4.78 is 49.2. The van der Waals surface area contributed by atoms with E-state index in [1.165, 1.54) is 40.7 Å². The van der Waals surface area contributed by atoms with Crippen LogP contribution in [-0.4, -0.2) is 32.8 Å². The number of aryl methyl sites for hydroxylation is 1. The van der Waals surface area contributed by atoms with Crippen molar-refractivity contribution in [1.82, 2.24) is 0 Å². The van der Waals surface area contributed by atoms with Crippen LogP contribution in [0.5, 0.6) is 0 Å². The van der Waals surface area contributed by atoms with Gasteiger partial charge in [-0.25, -0.2) is 17.6 Å². The molecule has 3 aromatic carbocycles. The Kier molecular flexibility index (Phi) is 7.94. The van der Waals surface area contributed by atoms with Crippen LogP contribution >= 0.6 is 15.9 Å². The smallest absolute Gasteiger partial charge is 0.330 e. The van der Waals surface area contributed by atoms with Gasteiger partial charge in [0.15, 0.2) is 5.78 Å². The summed E-state index contributed by atoms with van der Waals surface area (Å²) in [5.41, 5.74) is 1.96. The van der Waals surface area contributed by atoms with E-state index in [0.717, 1.165) is 16.1 Å². The lowest BCUT2D eigenvalue weighted by Gasteiger charge is -2.27. The summed E-state index contributed by atoms with van der Waals surface area (Å²) >= 11 is 3.35. The van der Waals surface area contributed by atoms with E-state index in [2.05, 4.69) is 15.9 Å². The van der Waals surface area contributed by atoms with Gasteiger partial charge in [0.25, 0.3) is 10.0 Å². The normalized spacial score (nSPS) is 17.1. The predicted octanol–water partition coefficient (Wildman–Crippen LogP) is 5.95. The van der Waals surface area contributed by atoms with E-state index < -0.39 is 33.8 Å². The third kappa shape index (κ3) is 5.67. The zero-order valence-corrected chi connectivity index (χ0v) is 22.6. The van der Waals surface area contributed by atoms with Crippen LogP contribution in [0, 0.1) is 12.7 Å². The summed E-state index contributed by atoms with van der Waals surface area (Å²) in [5.74, 6) is -2.18. The molecule has 0 aliphatic carbocycles. The molecule has 1 aliphatic heterocycles. The fourth-order valence-electron chi connectivity index (χ4n) is 4.41. The maximum atomic E-state index is 14.4. The van der Waals surface area contributed by atoms with Gasteiger partial charge in [-0.2, -0.15) is 0 Å². The summed E-state index contributed by atoms with van der Waals surface area (Å²) in [7, 11) is -4.14. The molecule has 2 atom stereocenters. The molecule has 192 valence electrons. The van der Waals surface area contributed by atoms with Crippen LogP contribution in [-0.2, 0) is 19.6 Å². The van der Waals surface area contributed by atoms with Crippen LogP contribution < -0.4 is 4.31 Å². The van der Waals surface area contributed by atoms with E-state index in [1.807, 2.05) is 6.92 Å².